The van der Waals surface area contributed by atoms with E-state index >= 15 is 0 Å². The minimum absolute atomic E-state index is 0.103. The lowest BCUT2D eigenvalue weighted by molar-refractivity contribution is -0.129. The molecule has 0 aliphatic heterocycles. The molecule has 5 heteroatoms. The Hall–Kier alpha value is -1.75. The van der Waals surface area contributed by atoms with Crippen LogP contribution in [-0.4, -0.2) is 44.7 Å². The molecule has 0 spiro atoms. The first-order chi connectivity index (χ1) is 9.63. The first-order valence-corrected chi connectivity index (χ1v) is 6.82. The Morgan fingerprint density at radius 2 is 2.00 bits per heavy atom. The summed E-state index contributed by atoms with van der Waals surface area (Å²) in [6.45, 7) is 0.972. The SMILES string of the molecule is COc1ccc(CN(C)C(=O)CNC2CC2)cc1OC. The van der Waals surface area contributed by atoms with Crippen LogP contribution in [0.2, 0.25) is 0 Å². The van der Waals surface area contributed by atoms with E-state index < -0.39 is 0 Å². The number of likely N-dealkylation sites (N-methyl/N-ethyl adjacent to an activating group) is 1. The van der Waals surface area contributed by atoms with Crippen molar-refractivity contribution in [3.8, 4) is 11.5 Å². The van der Waals surface area contributed by atoms with E-state index in [1.807, 2.05) is 25.2 Å². The number of amides is 1. The number of nitrogens with one attached hydrogen (secondary N) is 1. The van der Waals surface area contributed by atoms with Crippen LogP contribution in [0.25, 0.3) is 0 Å². The van der Waals surface area contributed by atoms with Gasteiger partial charge in [0.15, 0.2) is 11.5 Å². The summed E-state index contributed by atoms with van der Waals surface area (Å²) < 4.78 is 10.5. The minimum Gasteiger partial charge on any atom is -0.493 e. The fourth-order valence-corrected chi connectivity index (χ4v) is 2.00. The highest BCUT2D eigenvalue weighted by Crippen LogP contribution is 2.27. The highest BCUT2D eigenvalue weighted by Gasteiger charge is 2.22. The maximum atomic E-state index is 12.0. The molecule has 20 heavy (non-hydrogen) atoms. The normalized spacial score (nSPS) is 13.9. The molecule has 110 valence electrons. The lowest BCUT2D eigenvalue weighted by Gasteiger charge is -2.18. The van der Waals surface area contributed by atoms with E-state index in [4.69, 9.17) is 9.47 Å². The maximum absolute atomic E-state index is 12.0. The second kappa shape index (κ2) is 6.61. The Morgan fingerprint density at radius 3 is 2.60 bits per heavy atom. The molecule has 1 fully saturated rings. The monoisotopic (exact) mass is 278 g/mol. The van der Waals surface area contributed by atoms with Crippen molar-refractivity contribution in [1.29, 1.82) is 0 Å². The summed E-state index contributed by atoms with van der Waals surface area (Å²) in [5.41, 5.74) is 1.02. The number of carbonyl (C=O) groups is 1. The van der Waals surface area contributed by atoms with Gasteiger partial charge in [0.1, 0.15) is 0 Å². The average Bonchev–Trinajstić information content (AvgIpc) is 3.28. The van der Waals surface area contributed by atoms with Gasteiger partial charge in [0.25, 0.3) is 0 Å². The standard InChI is InChI=1S/C15H22N2O3/c1-17(15(18)9-16-12-5-6-12)10-11-4-7-13(19-2)14(8-11)20-3/h4,7-8,12,16H,5-6,9-10H2,1-3H3. The molecule has 0 atom stereocenters. The first-order valence-electron chi connectivity index (χ1n) is 6.82. The molecule has 1 saturated carbocycles. The quantitative estimate of drug-likeness (QED) is 0.819. The first kappa shape index (κ1) is 14.7. The third-order valence-corrected chi connectivity index (χ3v) is 3.41. The van der Waals surface area contributed by atoms with Crippen molar-refractivity contribution in [3.05, 3.63) is 23.8 Å². The number of methoxy groups -OCH3 is 2. The Kier molecular flexibility index (Phi) is 4.84. The zero-order valence-corrected chi connectivity index (χ0v) is 12.3. The molecule has 1 amide bonds. The Labute approximate surface area is 119 Å². The molecule has 0 unspecified atom stereocenters. The Balaban J connectivity index is 1.92. The molecular formula is C15H22N2O3. The van der Waals surface area contributed by atoms with Crippen molar-refractivity contribution in [1.82, 2.24) is 10.2 Å². The molecule has 1 aliphatic rings. The molecule has 1 aliphatic carbocycles. The average molecular weight is 278 g/mol. The number of benzene rings is 1. The van der Waals surface area contributed by atoms with E-state index in [0.717, 1.165) is 5.56 Å². The molecule has 2 rings (SSSR count). The summed E-state index contributed by atoms with van der Waals surface area (Å²) in [5, 5.41) is 3.23. The van der Waals surface area contributed by atoms with E-state index in [1.54, 1.807) is 19.1 Å². The molecule has 0 saturated heterocycles. The van der Waals surface area contributed by atoms with Crippen molar-refractivity contribution < 1.29 is 14.3 Å². The van der Waals surface area contributed by atoms with Gasteiger partial charge in [-0.25, -0.2) is 0 Å². The summed E-state index contributed by atoms with van der Waals surface area (Å²) >= 11 is 0. The molecular weight excluding hydrogens is 256 g/mol. The van der Waals surface area contributed by atoms with E-state index in [-0.39, 0.29) is 5.91 Å². The van der Waals surface area contributed by atoms with Crippen LogP contribution in [0.1, 0.15) is 18.4 Å². The zero-order chi connectivity index (χ0) is 14.5. The van der Waals surface area contributed by atoms with Crippen molar-refractivity contribution in [2.75, 3.05) is 27.8 Å². The summed E-state index contributed by atoms with van der Waals surface area (Å²) in [6.07, 6.45) is 2.37. The van der Waals surface area contributed by atoms with Crippen LogP contribution in [0.3, 0.4) is 0 Å². The molecule has 0 aromatic heterocycles. The van der Waals surface area contributed by atoms with E-state index in [2.05, 4.69) is 5.32 Å². The van der Waals surface area contributed by atoms with E-state index in [1.165, 1.54) is 12.8 Å². The van der Waals surface area contributed by atoms with Gasteiger partial charge >= 0.3 is 0 Å². The Morgan fingerprint density at radius 1 is 1.30 bits per heavy atom. The van der Waals surface area contributed by atoms with Gasteiger partial charge in [0, 0.05) is 19.6 Å². The van der Waals surface area contributed by atoms with Gasteiger partial charge in [-0.1, -0.05) is 6.07 Å². The minimum atomic E-state index is 0.103. The number of hydrogen-bond acceptors (Lipinski definition) is 4. The highest BCUT2D eigenvalue weighted by atomic mass is 16.5. The fraction of sp³-hybridized carbons (Fsp3) is 0.533. The summed E-state index contributed by atoms with van der Waals surface area (Å²) in [6, 6.07) is 6.25. The van der Waals surface area contributed by atoms with Crippen LogP contribution in [-0.2, 0) is 11.3 Å². The molecule has 0 bridgehead atoms. The molecule has 1 N–H and O–H groups in total. The van der Waals surface area contributed by atoms with Crippen molar-refractivity contribution in [2.24, 2.45) is 0 Å². The molecule has 1 aromatic rings. The van der Waals surface area contributed by atoms with Crippen LogP contribution in [0.5, 0.6) is 11.5 Å². The van der Waals surface area contributed by atoms with Gasteiger partial charge in [-0.3, -0.25) is 4.79 Å². The van der Waals surface area contributed by atoms with Crippen LogP contribution in [0.4, 0.5) is 0 Å². The lowest BCUT2D eigenvalue weighted by atomic mass is 10.2. The smallest absolute Gasteiger partial charge is 0.236 e. The third kappa shape index (κ3) is 3.87. The topological polar surface area (TPSA) is 50.8 Å². The summed E-state index contributed by atoms with van der Waals surface area (Å²) in [4.78, 5) is 13.7. The predicted molar refractivity (Wildman–Crippen MR) is 77.0 cm³/mol. The van der Waals surface area contributed by atoms with Gasteiger partial charge in [0.05, 0.1) is 20.8 Å². The maximum Gasteiger partial charge on any atom is 0.236 e. The van der Waals surface area contributed by atoms with Crippen molar-refractivity contribution in [3.63, 3.8) is 0 Å². The number of carbonyl (C=O) groups excluding carboxylic acids is 1. The molecule has 1 aromatic carbocycles. The summed E-state index contributed by atoms with van der Waals surface area (Å²) in [5.74, 6) is 1.48. The van der Waals surface area contributed by atoms with Crippen molar-refractivity contribution in [2.45, 2.75) is 25.4 Å². The zero-order valence-electron chi connectivity index (χ0n) is 12.3. The third-order valence-electron chi connectivity index (χ3n) is 3.41. The lowest BCUT2D eigenvalue weighted by Crippen LogP contribution is -2.35. The highest BCUT2D eigenvalue weighted by molar-refractivity contribution is 5.78. The van der Waals surface area contributed by atoms with Gasteiger partial charge in [-0.05, 0) is 30.5 Å². The van der Waals surface area contributed by atoms with Gasteiger partial charge in [-0.2, -0.15) is 0 Å². The second-order valence-electron chi connectivity index (χ2n) is 5.09. The number of ether oxygens (including phenoxy) is 2. The van der Waals surface area contributed by atoms with Crippen LogP contribution in [0, 0.1) is 0 Å². The van der Waals surface area contributed by atoms with Crippen molar-refractivity contribution >= 4 is 5.91 Å². The predicted octanol–water partition coefficient (Wildman–Crippen LogP) is 1.41. The van der Waals surface area contributed by atoms with Gasteiger partial charge < -0.3 is 19.7 Å². The van der Waals surface area contributed by atoms with Crippen LogP contribution in [0.15, 0.2) is 18.2 Å². The Bertz CT molecular complexity index is 472. The van der Waals surface area contributed by atoms with Crippen LogP contribution >= 0.6 is 0 Å². The van der Waals surface area contributed by atoms with Gasteiger partial charge in [-0.15, -0.1) is 0 Å². The second-order valence-corrected chi connectivity index (χ2v) is 5.09. The molecule has 5 nitrogen and oxygen atoms in total. The number of nitrogens with zero attached hydrogens (tertiary/aromatic N) is 1. The molecule has 0 radical (unpaired) electrons. The molecule has 0 heterocycles. The largest absolute Gasteiger partial charge is 0.493 e. The fourth-order valence-electron chi connectivity index (χ4n) is 2.00. The van der Waals surface area contributed by atoms with E-state index in [0.29, 0.717) is 30.6 Å². The van der Waals surface area contributed by atoms with Crippen LogP contribution < -0.4 is 14.8 Å². The van der Waals surface area contributed by atoms with E-state index in [9.17, 15) is 4.79 Å². The van der Waals surface area contributed by atoms with Gasteiger partial charge in [0.2, 0.25) is 5.91 Å². The number of rotatable bonds is 7. The summed E-state index contributed by atoms with van der Waals surface area (Å²) in [7, 11) is 5.03. The number of hydrogen-bond donors (Lipinski definition) is 1.